The van der Waals surface area contributed by atoms with Gasteiger partial charge in [-0.15, -0.1) is 0 Å². The van der Waals surface area contributed by atoms with Gasteiger partial charge in [-0.1, -0.05) is 23.8 Å². The van der Waals surface area contributed by atoms with E-state index in [1.165, 1.54) is 0 Å². The van der Waals surface area contributed by atoms with Gasteiger partial charge in [0.1, 0.15) is 0 Å². The Hall–Kier alpha value is -2.62. The molecule has 2 aromatic rings. The molecule has 120 valence electrons. The fourth-order valence-electron chi connectivity index (χ4n) is 2.30. The summed E-state index contributed by atoms with van der Waals surface area (Å²) in [7, 11) is 0. The number of nitrogens with one attached hydrogen (secondary N) is 2. The van der Waals surface area contributed by atoms with Gasteiger partial charge < -0.3 is 10.6 Å². The predicted molar refractivity (Wildman–Crippen MR) is 92.9 cm³/mol. The summed E-state index contributed by atoms with van der Waals surface area (Å²) in [5.74, 6) is -0.405. The van der Waals surface area contributed by atoms with Crippen molar-refractivity contribution in [3.05, 3.63) is 64.7 Å². The molecule has 0 bridgehead atoms. The zero-order valence-corrected chi connectivity index (χ0v) is 13.9. The lowest BCUT2D eigenvalue weighted by atomic mass is 10.1. The lowest BCUT2D eigenvalue weighted by Crippen LogP contribution is -2.30. The van der Waals surface area contributed by atoms with Crippen molar-refractivity contribution in [2.75, 3.05) is 5.32 Å². The average Bonchev–Trinajstić information content (AvgIpc) is 2.49. The number of amides is 2. The first-order valence-electron chi connectivity index (χ1n) is 7.66. The van der Waals surface area contributed by atoms with Gasteiger partial charge in [-0.2, -0.15) is 0 Å². The SMILES string of the molecule is Cc1ccc(NC(=O)c2cccc(C(=O)NC(C)C)c2)c(C)c1. The van der Waals surface area contributed by atoms with E-state index in [1.807, 2.05) is 45.9 Å². The van der Waals surface area contributed by atoms with E-state index in [0.717, 1.165) is 16.8 Å². The van der Waals surface area contributed by atoms with Gasteiger partial charge in [-0.3, -0.25) is 9.59 Å². The number of hydrogen-bond acceptors (Lipinski definition) is 2. The van der Waals surface area contributed by atoms with Gasteiger partial charge in [0.15, 0.2) is 0 Å². The first kappa shape index (κ1) is 16.7. The number of carbonyl (C=O) groups excluding carboxylic acids is 2. The molecule has 0 saturated carbocycles. The van der Waals surface area contributed by atoms with Crippen LogP contribution >= 0.6 is 0 Å². The molecule has 0 spiro atoms. The molecule has 0 radical (unpaired) electrons. The average molecular weight is 310 g/mol. The van der Waals surface area contributed by atoms with E-state index in [9.17, 15) is 9.59 Å². The summed E-state index contributed by atoms with van der Waals surface area (Å²) >= 11 is 0. The van der Waals surface area contributed by atoms with Crippen molar-refractivity contribution in [1.82, 2.24) is 5.32 Å². The van der Waals surface area contributed by atoms with Crippen molar-refractivity contribution in [3.8, 4) is 0 Å². The van der Waals surface area contributed by atoms with Gasteiger partial charge in [0, 0.05) is 22.9 Å². The fraction of sp³-hybridized carbons (Fsp3) is 0.263. The van der Waals surface area contributed by atoms with Crippen LogP contribution < -0.4 is 10.6 Å². The number of rotatable bonds is 4. The highest BCUT2D eigenvalue weighted by atomic mass is 16.2. The van der Waals surface area contributed by atoms with E-state index >= 15 is 0 Å². The van der Waals surface area contributed by atoms with Crippen molar-refractivity contribution >= 4 is 17.5 Å². The highest BCUT2D eigenvalue weighted by molar-refractivity contribution is 6.06. The Labute approximate surface area is 136 Å². The number of aryl methyl sites for hydroxylation is 2. The summed E-state index contributed by atoms with van der Waals surface area (Å²) in [4.78, 5) is 24.4. The second-order valence-corrected chi connectivity index (χ2v) is 5.98. The van der Waals surface area contributed by atoms with Crippen LogP contribution in [0.15, 0.2) is 42.5 Å². The smallest absolute Gasteiger partial charge is 0.255 e. The molecule has 0 aliphatic rings. The highest BCUT2D eigenvalue weighted by Gasteiger charge is 2.12. The summed E-state index contributed by atoms with van der Waals surface area (Å²) in [6.07, 6.45) is 0. The molecular formula is C19H22N2O2. The van der Waals surface area contributed by atoms with Crippen molar-refractivity contribution < 1.29 is 9.59 Å². The molecule has 0 aliphatic heterocycles. The minimum absolute atomic E-state index is 0.0511. The molecule has 0 unspecified atom stereocenters. The third-order valence-corrected chi connectivity index (χ3v) is 3.44. The van der Waals surface area contributed by atoms with E-state index in [4.69, 9.17) is 0 Å². The molecule has 0 saturated heterocycles. The molecule has 2 amide bonds. The predicted octanol–water partition coefficient (Wildman–Crippen LogP) is 3.69. The molecule has 0 fully saturated rings. The van der Waals surface area contributed by atoms with Crippen LogP contribution in [-0.4, -0.2) is 17.9 Å². The lowest BCUT2D eigenvalue weighted by Gasteiger charge is -2.11. The maximum Gasteiger partial charge on any atom is 0.255 e. The third-order valence-electron chi connectivity index (χ3n) is 3.44. The van der Waals surface area contributed by atoms with Crippen molar-refractivity contribution in [2.45, 2.75) is 33.7 Å². The summed E-state index contributed by atoms with van der Waals surface area (Å²) in [6, 6.07) is 12.6. The minimum Gasteiger partial charge on any atom is -0.350 e. The molecule has 4 heteroatoms. The highest BCUT2D eigenvalue weighted by Crippen LogP contribution is 2.17. The first-order chi connectivity index (χ1) is 10.9. The number of anilines is 1. The number of carbonyl (C=O) groups is 2. The Kier molecular flexibility index (Phi) is 5.16. The number of benzene rings is 2. The quantitative estimate of drug-likeness (QED) is 0.904. The van der Waals surface area contributed by atoms with E-state index in [2.05, 4.69) is 10.6 Å². The maximum atomic E-state index is 12.4. The minimum atomic E-state index is -0.226. The Balaban J connectivity index is 2.18. The number of hydrogen-bond donors (Lipinski definition) is 2. The van der Waals surface area contributed by atoms with E-state index < -0.39 is 0 Å². The zero-order valence-electron chi connectivity index (χ0n) is 13.9. The standard InChI is InChI=1S/C19H22N2O2/c1-12(2)20-18(22)15-6-5-7-16(11-15)19(23)21-17-9-8-13(3)10-14(17)4/h5-12H,1-4H3,(H,20,22)(H,21,23). The van der Waals surface area contributed by atoms with Gasteiger partial charge in [0.2, 0.25) is 0 Å². The summed E-state index contributed by atoms with van der Waals surface area (Å²) in [5.41, 5.74) is 3.87. The molecule has 2 aromatic carbocycles. The molecule has 0 heterocycles. The van der Waals surface area contributed by atoms with Crippen LogP contribution in [0, 0.1) is 13.8 Å². The third kappa shape index (κ3) is 4.42. The van der Waals surface area contributed by atoms with Crippen LogP contribution in [0.3, 0.4) is 0 Å². The van der Waals surface area contributed by atoms with Crippen LogP contribution in [0.2, 0.25) is 0 Å². The molecule has 0 aromatic heterocycles. The van der Waals surface area contributed by atoms with Gasteiger partial charge in [0.25, 0.3) is 11.8 Å². The first-order valence-corrected chi connectivity index (χ1v) is 7.66. The fourth-order valence-corrected chi connectivity index (χ4v) is 2.30. The van der Waals surface area contributed by atoms with E-state index in [1.54, 1.807) is 24.3 Å². The van der Waals surface area contributed by atoms with E-state index in [-0.39, 0.29) is 17.9 Å². The zero-order chi connectivity index (χ0) is 17.0. The van der Waals surface area contributed by atoms with E-state index in [0.29, 0.717) is 11.1 Å². The van der Waals surface area contributed by atoms with Crippen molar-refractivity contribution in [2.24, 2.45) is 0 Å². The summed E-state index contributed by atoms with van der Waals surface area (Å²) < 4.78 is 0. The Morgan fingerprint density at radius 3 is 2.17 bits per heavy atom. The normalized spacial score (nSPS) is 10.5. The van der Waals surface area contributed by atoms with Crippen molar-refractivity contribution in [3.63, 3.8) is 0 Å². The summed E-state index contributed by atoms with van der Waals surface area (Å²) in [5, 5.41) is 5.71. The second-order valence-electron chi connectivity index (χ2n) is 5.98. The van der Waals surface area contributed by atoms with Gasteiger partial charge in [-0.05, 0) is 57.5 Å². The van der Waals surface area contributed by atoms with Crippen LogP contribution in [0.5, 0.6) is 0 Å². The second kappa shape index (κ2) is 7.09. The van der Waals surface area contributed by atoms with Crippen LogP contribution in [-0.2, 0) is 0 Å². The molecule has 2 rings (SSSR count). The Morgan fingerprint density at radius 1 is 0.913 bits per heavy atom. The molecular weight excluding hydrogens is 288 g/mol. The molecule has 4 nitrogen and oxygen atoms in total. The largest absolute Gasteiger partial charge is 0.350 e. The Morgan fingerprint density at radius 2 is 1.57 bits per heavy atom. The van der Waals surface area contributed by atoms with Gasteiger partial charge in [-0.25, -0.2) is 0 Å². The molecule has 0 atom stereocenters. The van der Waals surface area contributed by atoms with Crippen LogP contribution in [0.4, 0.5) is 5.69 Å². The molecule has 2 N–H and O–H groups in total. The van der Waals surface area contributed by atoms with Gasteiger partial charge >= 0.3 is 0 Å². The van der Waals surface area contributed by atoms with Crippen LogP contribution in [0.1, 0.15) is 45.7 Å². The monoisotopic (exact) mass is 310 g/mol. The molecule has 23 heavy (non-hydrogen) atoms. The molecule has 0 aliphatic carbocycles. The summed E-state index contributed by atoms with van der Waals surface area (Å²) in [6.45, 7) is 7.76. The topological polar surface area (TPSA) is 58.2 Å². The lowest BCUT2D eigenvalue weighted by molar-refractivity contribution is 0.0943. The van der Waals surface area contributed by atoms with Crippen molar-refractivity contribution in [1.29, 1.82) is 0 Å². The van der Waals surface area contributed by atoms with Crippen LogP contribution in [0.25, 0.3) is 0 Å². The maximum absolute atomic E-state index is 12.4. The Bertz CT molecular complexity index is 736. The van der Waals surface area contributed by atoms with Gasteiger partial charge in [0.05, 0.1) is 0 Å².